The zero-order valence-electron chi connectivity index (χ0n) is 17.4. The van der Waals surface area contributed by atoms with Crippen LogP contribution in [0, 0.1) is 11.8 Å². The Kier molecular flexibility index (Phi) is 5.96. The quantitative estimate of drug-likeness (QED) is 0.528. The normalized spacial score (nSPS) is 27.9. The molecule has 0 aromatic heterocycles. The molecule has 3 unspecified atom stereocenters. The zero-order chi connectivity index (χ0) is 19.8. The number of fused-ring (bicyclic) bond motifs is 4. The summed E-state index contributed by atoms with van der Waals surface area (Å²) in [5.74, 6) is 1.69. The fourth-order valence-electron chi connectivity index (χ4n) is 5.25. The number of esters is 1. The van der Waals surface area contributed by atoms with E-state index in [0.29, 0.717) is 18.3 Å². The number of benzene rings is 1. The van der Waals surface area contributed by atoms with Crippen LogP contribution in [0.25, 0.3) is 0 Å². The van der Waals surface area contributed by atoms with Crippen LogP contribution < -0.4 is 4.74 Å². The molecule has 4 heteroatoms. The van der Waals surface area contributed by atoms with Gasteiger partial charge >= 0.3 is 5.97 Å². The Bertz CT molecular complexity index is 706. The summed E-state index contributed by atoms with van der Waals surface area (Å²) in [5, 5.41) is 0. The molecule has 3 atom stereocenters. The molecule has 1 fully saturated rings. The number of halogens is 1. The topological polar surface area (TPSA) is 35.5 Å². The first kappa shape index (κ1) is 20.7. The summed E-state index contributed by atoms with van der Waals surface area (Å²) in [6, 6.07) is 4.45. The monoisotopic (exact) mass is 436 g/mol. The maximum absolute atomic E-state index is 12.7. The van der Waals surface area contributed by atoms with Crippen molar-refractivity contribution in [3.63, 3.8) is 0 Å². The van der Waals surface area contributed by atoms with Crippen molar-refractivity contribution < 1.29 is 14.3 Å². The highest BCUT2D eigenvalue weighted by atomic mass is 79.9. The third kappa shape index (κ3) is 4.36. The van der Waals surface area contributed by atoms with Crippen LogP contribution in [0.3, 0.4) is 0 Å². The van der Waals surface area contributed by atoms with Crippen molar-refractivity contribution in [3.05, 3.63) is 27.7 Å². The Balaban J connectivity index is 2.01. The van der Waals surface area contributed by atoms with Crippen LogP contribution in [-0.4, -0.2) is 18.7 Å². The van der Waals surface area contributed by atoms with Crippen molar-refractivity contribution in [1.82, 2.24) is 0 Å². The summed E-state index contributed by atoms with van der Waals surface area (Å²) in [5.41, 5.74) is 2.34. The summed E-state index contributed by atoms with van der Waals surface area (Å²) in [6.45, 7) is 8.21. The lowest BCUT2D eigenvalue weighted by Gasteiger charge is -2.49. The van der Waals surface area contributed by atoms with Gasteiger partial charge in [-0.3, -0.25) is 4.79 Å². The lowest BCUT2D eigenvalue weighted by Crippen LogP contribution is -2.45. The second-order valence-electron chi connectivity index (χ2n) is 9.52. The molecular weight excluding hydrogens is 404 g/mol. The number of ether oxygens (including phenoxy) is 2. The van der Waals surface area contributed by atoms with Crippen molar-refractivity contribution in [1.29, 1.82) is 0 Å². The average molecular weight is 437 g/mol. The number of carbonyl (C=O) groups excluding carboxylic acids is 1. The number of hydrogen-bond donors (Lipinski definition) is 0. The summed E-state index contributed by atoms with van der Waals surface area (Å²) >= 11 is 3.66. The molecule has 0 spiro atoms. The Morgan fingerprint density at radius 3 is 2.67 bits per heavy atom. The first-order chi connectivity index (χ1) is 12.6. The fourth-order valence-corrected chi connectivity index (χ4v) is 5.80. The van der Waals surface area contributed by atoms with Crippen molar-refractivity contribution in [2.24, 2.45) is 11.8 Å². The van der Waals surface area contributed by atoms with Crippen LogP contribution >= 0.6 is 15.9 Å². The summed E-state index contributed by atoms with van der Waals surface area (Å²) < 4.78 is 12.3. The summed E-state index contributed by atoms with van der Waals surface area (Å²) in [6.07, 6.45) is 7.64. The number of hydrogen-bond acceptors (Lipinski definition) is 3. The molecule has 1 aromatic carbocycles. The van der Waals surface area contributed by atoms with Crippen LogP contribution in [0.1, 0.15) is 77.3 Å². The van der Waals surface area contributed by atoms with Gasteiger partial charge in [0, 0.05) is 6.42 Å². The van der Waals surface area contributed by atoms with E-state index >= 15 is 0 Å². The van der Waals surface area contributed by atoms with Gasteiger partial charge in [-0.2, -0.15) is 0 Å². The first-order valence-corrected chi connectivity index (χ1v) is 11.0. The highest BCUT2D eigenvalue weighted by Crippen LogP contribution is 2.53. The SMILES string of the molecule is COc1cc2c(cc1Br)CC1CCCCCC2(C)C1CC(=O)OC(C)(C)C. The molecule has 27 heavy (non-hydrogen) atoms. The molecule has 2 aliphatic rings. The molecule has 0 heterocycles. The van der Waals surface area contributed by atoms with Gasteiger partial charge in [-0.25, -0.2) is 0 Å². The predicted octanol–water partition coefficient (Wildman–Crippen LogP) is 6.20. The minimum Gasteiger partial charge on any atom is -0.496 e. The lowest BCUT2D eigenvalue weighted by atomic mass is 9.55. The highest BCUT2D eigenvalue weighted by molar-refractivity contribution is 9.10. The van der Waals surface area contributed by atoms with E-state index in [-0.39, 0.29) is 11.4 Å². The van der Waals surface area contributed by atoms with E-state index in [4.69, 9.17) is 9.47 Å². The molecule has 0 aliphatic heterocycles. The summed E-state index contributed by atoms with van der Waals surface area (Å²) in [4.78, 5) is 12.7. The third-order valence-electron chi connectivity index (χ3n) is 6.44. The van der Waals surface area contributed by atoms with E-state index in [0.717, 1.165) is 23.1 Å². The predicted molar refractivity (Wildman–Crippen MR) is 112 cm³/mol. The molecular formula is C23H33BrO3. The van der Waals surface area contributed by atoms with E-state index in [1.165, 1.54) is 36.8 Å². The minimum absolute atomic E-state index is 0.0104. The van der Waals surface area contributed by atoms with E-state index in [1.54, 1.807) is 7.11 Å². The molecule has 0 N–H and O–H groups in total. The molecule has 150 valence electrons. The molecule has 0 saturated heterocycles. The van der Waals surface area contributed by atoms with Crippen LogP contribution in [0.5, 0.6) is 5.75 Å². The average Bonchev–Trinajstić information content (AvgIpc) is 2.55. The van der Waals surface area contributed by atoms with Crippen molar-refractivity contribution >= 4 is 21.9 Å². The van der Waals surface area contributed by atoms with Gasteiger partial charge in [0.05, 0.1) is 11.6 Å². The maximum atomic E-state index is 12.7. The van der Waals surface area contributed by atoms with Gasteiger partial charge in [0.25, 0.3) is 0 Å². The Hall–Kier alpha value is -1.03. The maximum Gasteiger partial charge on any atom is 0.306 e. The summed E-state index contributed by atoms with van der Waals surface area (Å²) in [7, 11) is 1.72. The van der Waals surface area contributed by atoms with Crippen molar-refractivity contribution in [3.8, 4) is 5.75 Å². The first-order valence-electron chi connectivity index (χ1n) is 10.2. The largest absolute Gasteiger partial charge is 0.496 e. The lowest BCUT2D eigenvalue weighted by molar-refractivity contribution is -0.157. The second kappa shape index (κ2) is 7.77. The van der Waals surface area contributed by atoms with E-state index < -0.39 is 5.60 Å². The van der Waals surface area contributed by atoms with Crippen LogP contribution in [0.2, 0.25) is 0 Å². The van der Waals surface area contributed by atoms with Crippen LogP contribution in [0.4, 0.5) is 0 Å². The van der Waals surface area contributed by atoms with Gasteiger partial charge in [0.1, 0.15) is 11.4 Å². The molecule has 1 aromatic rings. The molecule has 0 radical (unpaired) electrons. The number of carbonyl (C=O) groups is 1. The molecule has 2 bridgehead atoms. The van der Waals surface area contributed by atoms with Gasteiger partial charge in [0.2, 0.25) is 0 Å². The third-order valence-corrected chi connectivity index (χ3v) is 7.06. The Morgan fingerprint density at radius 1 is 1.26 bits per heavy atom. The van der Waals surface area contributed by atoms with Crippen LogP contribution in [0.15, 0.2) is 16.6 Å². The molecule has 3 nitrogen and oxygen atoms in total. The van der Waals surface area contributed by atoms with Crippen molar-refractivity contribution in [2.75, 3.05) is 7.11 Å². The van der Waals surface area contributed by atoms with E-state index in [9.17, 15) is 4.79 Å². The van der Waals surface area contributed by atoms with Gasteiger partial charge in [0.15, 0.2) is 0 Å². The van der Waals surface area contributed by atoms with Gasteiger partial charge in [-0.1, -0.05) is 26.2 Å². The fraction of sp³-hybridized carbons (Fsp3) is 0.696. The smallest absolute Gasteiger partial charge is 0.306 e. The second-order valence-corrected chi connectivity index (χ2v) is 10.4. The van der Waals surface area contributed by atoms with E-state index in [2.05, 4.69) is 35.0 Å². The van der Waals surface area contributed by atoms with Gasteiger partial charge < -0.3 is 9.47 Å². The van der Waals surface area contributed by atoms with Crippen molar-refractivity contribution in [2.45, 2.75) is 83.7 Å². The Labute approximate surface area is 172 Å². The molecule has 3 rings (SSSR count). The molecule has 0 amide bonds. The highest BCUT2D eigenvalue weighted by Gasteiger charge is 2.47. The van der Waals surface area contributed by atoms with Gasteiger partial charge in [-0.05, 0) is 96.5 Å². The number of rotatable bonds is 3. The Morgan fingerprint density at radius 2 is 2.00 bits per heavy atom. The number of methoxy groups -OCH3 is 1. The standard InChI is InChI=1S/C23H33BrO3/c1-22(2,3)27-21(25)14-18-15-9-7-6-8-10-23(18,4)17-13-20(26-5)19(24)12-16(17)11-15/h12-13,15,18H,6-11,14H2,1-5H3. The molecule has 2 aliphatic carbocycles. The minimum atomic E-state index is -0.430. The van der Waals surface area contributed by atoms with Gasteiger partial charge in [-0.15, -0.1) is 0 Å². The zero-order valence-corrected chi connectivity index (χ0v) is 18.9. The van der Waals surface area contributed by atoms with E-state index in [1.807, 2.05) is 20.8 Å². The molecule has 1 saturated carbocycles. The van der Waals surface area contributed by atoms with Crippen LogP contribution in [-0.2, 0) is 21.4 Å².